The molecule has 3 aliphatic rings. The second kappa shape index (κ2) is 7.65. The molecule has 0 radical (unpaired) electrons. The summed E-state index contributed by atoms with van der Waals surface area (Å²) in [6, 6.07) is 0.366. The van der Waals surface area contributed by atoms with E-state index in [1.807, 2.05) is 4.90 Å². The first-order chi connectivity index (χ1) is 11.1. The summed E-state index contributed by atoms with van der Waals surface area (Å²) >= 11 is 0. The smallest absolute Gasteiger partial charge is 0.245 e. The molecule has 130 valence electrons. The van der Waals surface area contributed by atoms with Gasteiger partial charge in [0.05, 0.1) is 0 Å². The van der Waals surface area contributed by atoms with Gasteiger partial charge in [-0.25, -0.2) is 0 Å². The summed E-state index contributed by atoms with van der Waals surface area (Å²) in [6.07, 6.45) is 9.33. The Morgan fingerprint density at radius 3 is 2.09 bits per heavy atom. The van der Waals surface area contributed by atoms with Crippen molar-refractivity contribution in [2.45, 2.75) is 70.4 Å². The van der Waals surface area contributed by atoms with Gasteiger partial charge >= 0.3 is 0 Å². The van der Waals surface area contributed by atoms with E-state index in [1.54, 1.807) is 0 Å². The zero-order valence-corrected chi connectivity index (χ0v) is 14.4. The number of nitrogens with zero attached hydrogens (tertiary/aromatic N) is 2. The minimum atomic E-state index is -0.293. The molecular formula is C18H31N3O2. The van der Waals surface area contributed by atoms with Gasteiger partial charge in [-0.15, -0.1) is 0 Å². The maximum Gasteiger partial charge on any atom is 0.245 e. The van der Waals surface area contributed by atoms with E-state index in [1.165, 1.54) is 45.7 Å². The fourth-order valence-corrected chi connectivity index (χ4v) is 4.65. The minimum absolute atomic E-state index is 0.0813. The van der Waals surface area contributed by atoms with Crippen molar-refractivity contribution in [3.05, 3.63) is 0 Å². The van der Waals surface area contributed by atoms with Gasteiger partial charge in [0.15, 0.2) is 0 Å². The third-order valence-corrected chi connectivity index (χ3v) is 5.93. The SMILES string of the molecule is CC(=O)NC(C(=O)N1CCC(N2CCCC2)CC1)C1CCCC1. The molecule has 0 spiro atoms. The number of carbonyl (C=O) groups is 2. The van der Waals surface area contributed by atoms with Crippen molar-refractivity contribution < 1.29 is 9.59 Å². The lowest BCUT2D eigenvalue weighted by Crippen LogP contribution is -2.54. The van der Waals surface area contributed by atoms with Crippen LogP contribution in [-0.4, -0.2) is 59.9 Å². The van der Waals surface area contributed by atoms with Crippen molar-refractivity contribution >= 4 is 11.8 Å². The lowest BCUT2D eigenvalue weighted by Gasteiger charge is -2.38. The largest absolute Gasteiger partial charge is 0.344 e. The van der Waals surface area contributed by atoms with Gasteiger partial charge in [0, 0.05) is 26.1 Å². The number of amides is 2. The van der Waals surface area contributed by atoms with Crippen LogP contribution in [0.15, 0.2) is 0 Å². The van der Waals surface area contributed by atoms with Crippen LogP contribution in [0.5, 0.6) is 0 Å². The Morgan fingerprint density at radius 1 is 0.913 bits per heavy atom. The van der Waals surface area contributed by atoms with Crippen LogP contribution < -0.4 is 5.32 Å². The lowest BCUT2D eigenvalue weighted by atomic mass is 9.95. The number of likely N-dealkylation sites (tertiary alicyclic amines) is 2. The standard InChI is InChI=1S/C18H31N3O2/c1-14(22)19-17(15-6-2-3-7-15)18(23)21-12-8-16(9-13-21)20-10-4-5-11-20/h15-17H,2-13H2,1H3,(H,19,22). The fraction of sp³-hybridized carbons (Fsp3) is 0.889. The summed E-state index contributed by atoms with van der Waals surface area (Å²) in [5.74, 6) is 0.414. The number of nitrogens with one attached hydrogen (secondary N) is 1. The van der Waals surface area contributed by atoms with E-state index in [0.717, 1.165) is 38.8 Å². The topological polar surface area (TPSA) is 52.7 Å². The van der Waals surface area contributed by atoms with Crippen molar-refractivity contribution in [1.82, 2.24) is 15.1 Å². The molecule has 2 amide bonds. The Bertz CT molecular complexity index is 420. The Hall–Kier alpha value is -1.10. The molecule has 3 rings (SSSR count). The first-order valence-electron chi connectivity index (χ1n) is 9.45. The third kappa shape index (κ3) is 4.06. The quantitative estimate of drug-likeness (QED) is 0.858. The summed E-state index contributed by atoms with van der Waals surface area (Å²) in [4.78, 5) is 29.1. The molecule has 1 aliphatic carbocycles. The van der Waals surface area contributed by atoms with Crippen LogP contribution in [0.4, 0.5) is 0 Å². The molecule has 2 saturated heterocycles. The highest BCUT2D eigenvalue weighted by Gasteiger charge is 2.36. The van der Waals surface area contributed by atoms with E-state index in [2.05, 4.69) is 10.2 Å². The Morgan fingerprint density at radius 2 is 1.52 bits per heavy atom. The second-order valence-electron chi connectivity index (χ2n) is 7.52. The normalized spacial score (nSPS) is 25.7. The first-order valence-corrected chi connectivity index (χ1v) is 9.45. The third-order valence-electron chi connectivity index (χ3n) is 5.93. The van der Waals surface area contributed by atoms with Crippen LogP contribution >= 0.6 is 0 Å². The van der Waals surface area contributed by atoms with Gasteiger partial charge in [-0.1, -0.05) is 12.8 Å². The molecule has 1 atom stereocenters. The maximum atomic E-state index is 12.9. The molecule has 1 unspecified atom stereocenters. The van der Waals surface area contributed by atoms with Crippen LogP contribution in [0.25, 0.3) is 0 Å². The maximum absolute atomic E-state index is 12.9. The first kappa shape index (κ1) is 16.7. The predicted molar refractivity (Wildman–Crippen MR) is 90.0 cm³/mol. The molecule has 3 fully saturated rings. The highest BCUT2D eigenvalue weighted by atomic mass is 16.2. The molecule has 2 aliphatic heterocycles. The Balaban J connectivity index is 1.56. The number of hydrogen-bond acceptors (Lipinski definition) is 3. The van der Waals surface area contributed by atoms with Crippen LogP contribution in [0, 0.1) is 5.92 Å². The van der Waals surface area contributed by atoms with E-state index in [9.17, 15) is 9.59 Å². The molecule has 0 aromatic heterocycles. The average Bonchev–Trinajstić information content (AvgIpc) is 3.25. The minimum Gasteiger partial charge on any atom is -0.344 e. The fourth-order valence-electron chi connectivity index (χ4n) is 4.65. The molecule has 0 aromatic carbocycles. The van der Waals surface area contributed by atoms with Gasteiger partial charge in [0.25, 0.3) is 0 Å². The molecule has 1 saturated carbocycles. The summed E-state index contributed by atoms with van der Waals surface area (Å²) in [7, 11) is 0. The highest BCUT2D eigenvalue weighted by molar-refractivity contribution is 5.87. The van der Waals surface area contributed by atoms with E-state index in [-0.39, 0.29) is 17.9 Å². The van der Waals surface area contributed by atoms with Crippen molar-refractivity contribution in [3.63, 3.8) is 0 Å². The van der Waals surface area contributed by atoms with Crippen LogP contribution in [0.3, 0.4) is 0 Å². The van der Waals surface area contributed by atoms with Crippen LogP contribution in [-0.2, 0) is 9.59 Å². The van der Waals surface area contributed by atoms with Crippen molar-refractivity contribution in [2.75, 3.05) is 26.2 Å². The molecule has 23 heavy (non-hydrogen) atoms. The van der Waals surface area contributed by atoms with Gasteiger partial charge < -0.3 is 15.1 Å². The zero-order chi connectivity index (χ0) is 16.2. The number of hydrogen-bond donors (Lipinski definition) is 1. The molecule has 0 bridgehead atoms. The molecule has 1 N–H and O–H groups in total. The van der Waals surface area contributed by atoms with Gasteiger partial charge in [-0.2, -0.15) is 0 Å². The number of piperidine rings is 1. The van der Waals surface area contributed by atoms with Crippen molar-refractivity contribution in [3.8, 4) is 0 Å². The van der Waals surface area contributed by atoms with Gasteiger partial charge in [-0.05, 0) is 57.5 Å². The van der Waals surface area contributed by atoms with Crippen LogP contribution in [0.1, 0.15) is 58.3 Å². The molecule has 5 nitrogen and oxygen atoms in total. The molecule has 5 heteroatoms. The van der Waals surface area contributed by atoms with Gasteiger partial charge in [0.1, 0.15) is 6.04 Å². The van der Waals surface area contributed by atoms with Gasteiger partial charge in [0.2, 0.25) is 11.8 Å². The highest BCUT2D eigenvalue weighted by Crippen LogP contribution is 2.29. The van der Waals surface area contributed by atoms with Crippen LogP contribution in [0.2, 0.25) is 0 Å². The van der Waals surface area contributed by atoms with Gasteiger partial charge in [-0.3, -0.25) is 9.59 Å². The average molecular weight is 321 g/mol. The molecule has 0 aromatic rings. The van der Waals surface area contributed by atoms with E-state index in [0.29, 0.717) is 12.0 Å². The zero-order valence-electron chi connectivity index (χ0n) is 14.4. The monoisotopic (exact) mass is 321 g/mol. The van der Waals surface area contributed by atoms with Crippen molar-refractivity contribution in [2.24, 2.45) is 5.92 Å². The molecule has 2 heterocycles. The number of rotatable bonds is 4. The lowest BCUT2D eigenvalue weighted by molar-refractivity contribution is -0.139. The second-order valence-corrected chi connectivity index (χ2v) is 7.52. The summed E-state index contributed by atoms with van der Waals surface area (Å²) in [5, 5.41) is 2.94. The number of carbonyl (C=O) groups excluding carboxylic acids is 2. The summed E-state index contributed by atoms with van der Waals surface area (Å²) in [6.45, 7) is 5.69. The summed E-state index contributed by atoms with van der Waals surface area (Å²) < 4.78 is 0. The summed E-state index contributed by atoms with van der Waals surface area (Å²) in [5.41, 5.74) is 0. The van der Waals surface area contributed by atoms with E-state index >= 15 is 0 Å². The Kier molecular flexibility index (Phi) is 5.57. The Labute approximate surface area is 139 Å². The van der Waals surface area contributed by atoms with E-state index in [4.69, 9.17) is 0 Å². The molecular weight excluding hydrogens is 290 g/mol. The van der Waals surface area contributed by atoms with Crippen molar-refractivity contribution in [1.29, 1.82) is 0 Å². The van der Waals surface area contributed by atoms with E-state index < -0.39 is 0 Å². The predicted octanol–water partition coefficient (Wildman–Crippen LogP) is 1.77.